The second-order valence-electron chi connectivity index (χ2n) is 11.4. The van der Waals surface area contributed by atoms with Gasteiger partial charge < -0.3 is 20.1 Å². The van der Waals surface area contributed by atoms with Crippen LogP contribution in [0.5, 0.6) is 0 Å². The summed E-state index contributed by atoms with van der Waals surface area (Å²) in [5.74, 6) is -0.476. The van der Waals surface area contributed by atoms with E-state index in [2.05, 4.69) is 25.2 Å². The van der Waals surface area contributed by atoms with Crippen LogP contribution in [0.4, 0.5) is 4.79 Å². The number of hydrogen-bond donors (Lipinski definition) is 3. The van der Waals surface area contributed by atoms with E-state index in [-0.39, 0.29) is 30.4 Å². The predicted octanol–water partition coefficient (Wildman–Crippen LogP) is 3.52. The van der Waals surface area contributed by atoms with Crippen molar-refractivity contribution < 1.29 is 27.5 Å². The molecular weight excluding hydrogens is 627 g/mol. The number of nitrogens with one attached hydrogen (secondary N) is 3. The summed E-state index contributed by atoms with van der Waals surface area (Å²) in [6.45, 7) is 4.99. The highest BCUT2D eigenvalue weighted by Crippen LogP contribution is 2.15. The van der Waals surface area contributed by atoms with Gasteiger partial charge in [-0.1, -0.05) is 60.7 Å². The molecule has 0 saturated carbocycles. The largest absolute Gasteiger partial charge is 0.444 e. The molecule has 250 valence electrons. The standard InChI is InChI=1S/C33H45N5O6S2/c1-2-46(41,42)37-31(15-16-38-17-19-43-20-18-38)32(39)35-28(21-26-9-5-3-6-10-26)13-14-29(22-27-11-7-4-8-12-27)36-33(40)44-24-30-23-34-25-45-30/h3-12,23,25,28-29,31,37H,2,13-22,24H2,1H3,(H,35,39)(H,36,40). The first kappa shape index (κ1) is 35.5. The smallest absolute Gasteiger partial charge is 0.407 e. The van der Waals surface area contributed by atoms with Crippen molar-refractivity contribution in [1.29, 1.82) is 0 Å². The van der Waals surface area contributed by atoms with E-state index in [0.717, 1.165) is 29.1 Å². The van der Waals surface area contributed by atoms with Crippen LogP contribution in [0, 0.1) is 0 Å². The highest BCUT2D eigenvalue weighted by atomic mass is 32.2. The van der Waals surface area contributed by atoms with E-state index >= 15 is 0 Å². The van der Waals surface area contributed by atoms with Crippen LogP contribution < -0.4 is 15.4 Å². The third kappa shape index (κ3) is 12.8. The Morgan fingerprint density at radius 2 is 1.54 bits per heavy atom. The molecule has 46 heavy (non-hydrogen) atoms. The lowest BCUT2D eigenvalue weighted by atomic mass is 9.95. The summed E-state index contributed by atoms with van der Waals surface area (Å²) in [4.78, 5) is 33.6. The van der Waals surface area contributed by atoms with Gasteiger partial charge in [0.25, 0.3) is 0 Å². The van der Waals surface area contributed by atoms with Crippen molar-refractivity contribution in [2.75, 3.05) is 38.6 Å². The molecule has 3 unspecified atom stereocenters. The zero-order valence-corrected chi connectivity index (χ0v) is 27.9. The Balaban J connectivity index is 1.45. The maximum Gasteiger partial charge on any atom is 0.407 e. The number of benzene rings is 2. The molecule has 4 rings (SSSR count). The van der Waals surface area contributed by atoms with Gasteiger partial charge in [0.2, 0.25) is 15.9 Å². The van der Waals surface area contributed by atoms with Crippen molar-refractivity contribution in [2.24, 2.45) is 0 Å². The molecular formula is C33H45N5O6S2. The van der Waals surface area contributed by atoms with E-state index in [4.69, 9.17) is 9.47 Å². The fraction of sp³-hybridized carbons (Fsp3) is 0.485. The van der Waals surface area contributed by atoms with Crippen LogP contribution in [0.15, 0.2) is 72.4 Å². The van der Waals surface area contributed by atoms with Crippen LogP contribution in [0.2, 0.25) is 0 Å². The monoisotopic (exact) mass is 671 g/mol. The first-order valence-electron chi connectivity index (χ1n) is 15.8. The first-order chi connectivity index (χ1) is 22.3. The topological polar surface area (TPSA) is 139 Å². The van der Waals surface area contributed by atoms with Gasteiger partial charge in [0.15, 0.2) is 0 Å². The summed E-state index contributed by atoms with van der Waals surface area (Å²) in [6.07, 6.45) is 3.73. The molecule has 3 aromatic rings. The van der Waals surface area contributed by atoms with Gasteiger partial charge in [-0.15, -0.1) is 11.3 Å². The molecule has 0 bridgehead atoms. The molecule has 0 aliphatic carbocycles. The molecule has 1 aliphatic rings. The van der Waals surface area contributed by atoms with Gasteiger partial charge in [-0.25, -0.2) is 17.9 Å². The van der Waals surface area contributed by atoms with Crippen molar-refractivity contribution in [1.82, 2.24) is 25.2 Å². The molecule has 1 saturated heterocycles. The Bertz CT molecular complexity index is 1420. The Hall–Kier alpha value is -3.36. The van der Waals surface area contributed by atoms with Gasteiger partial charge in [-0.05, 0) is 50.2 Å². The van der Waals surface area contributed by atoms with E-state index in [9.17, 15) is 18.0 Å². The van der Waals surface area contributed by atoms with Crippen molar-refractivity contribution in [2.45, 2.75) is 63.8 Å². The molecule has 1 aliphatic heterocycles. The number of sulfonamides is 1. The molecule has 0 spiro atoms. The number of amides is 2. The van der Waals surface area contributed by atoms with Crippen LogP contribution in [0.3, 0.4) is 0 Å². The first-order valence-corrected chi connectivity index (χ1v) is 18.3. The van der Waals surface area contributed by atoms with Crippen molar-refractivity contribution in [3.8, 4) is 0 Å². The van der Waals surface area contributed by atoms with Gasteiger partial charge in [0, 0.05) is 37.9 Å². The average Bonchev–Trinajstić information content (AvgIpc) is 3.60. The fourth-order valence-corrected chi connectivity index (χ4v) is 6.62. The molecule has 13 heteroatoms. The Morgan fingerprint density at radius 1 is 0.935 bits per heavy atom. The second kappa shape index (κ2) is 18.7. The summed E-state index contributed by atoms with van der Waals surface area (Å²) >= 11 is 1.42. The van der Waals surface area contributed by atoms with Crippen LogP contribution in [0.1, 0.15) is 42.2 Å². The molecule has 11 nitrogen and oxygen atoms in total. The van der Waals surface area contributed by atoms with E-state index in [0.29, 0.717) is 51.9 Å². The summed E-state index contributed by atoms with van der Waals surface area (Å²) < 4.78 is 38.7. The lowest BCUT2D eigenvalue weighted by molar-refractivity contribution is -0.123. The maximum atomic E-state index is 13.7. The van der Waals surface area contributed by atoms with Gasteiger partial charge in [-0.3, -0.25) is 14.7 Å². The quantitative estimate of drug-likeness (QED) is 0.187. The van der Waals surface area contributed by atoms with E-state index < -0.39 is 22.2 Å². The maximum absolute atomic E-state index is 13.7. The number of aromatic nitrogens is 1. The predicted molar refractivity (Wildman–Crippen MR) is 179 cm³/mol. The zero-order valence-electron chi connectivity index (χ0n) is 26.3. The normalized spacial score (nSPS) is 15.8. The van der Waals surface area contributed by atoms with E-state index in [1.807, 2.05) is 60.7 Å². The number of morpholine rings is 1. The Morgan fingerprint density at radius 3 is 2.11 bits per heavy atom. The van der Waals surface area contributed by atoms with Gasteiger partial charge in [0.05, 0.1) is 29.4 Å². The molecule has 0 radical (unpaired) electrons. The number of carbonyl (C=O) groups is 2. The molecule has 3 N–H and O–H groups in total. The molecule has 2 heterocycles. The number of hydrogen-bond acceptors (Lipinski definition) is 9. The minimum Gasteiger partial charge on any atom is -0.444 e. The highest BCUT2D eigenvalue weighted by molar-refractivity contribution is 7.89. The number of ether oxygens (including phenoxy) is 2. The number of rotatable bonds is 18. The van der Waals surface area contributed by atoms with Crippen molar-refractivity contribution in [3.05, 3.63) is 88.4 Å². The Kier molecular flexibility index (Phi) is 14.4. The highest BCUT2D eigenvalue weighted by Gasteiger charge is 2.27. The number of carbonyl (C=O) groups excluding carboxylic acids is 2. The van der Waals surface area contributed by atoms with Gasteiger partial charge >= 0.3 is 6.09 Å². The molecule has 1 fully saturated rings. The van der Waals surface area contributed by atoms with Crippen LogP contribution in [-0.4, -0.2) is 87.0 Å². The third-order valence-electron chi connectivity index (χ3n) is 7.87. The summed E-state index contributed by atoms with van der Waals surface area (Å²) in [5.41, 5.74) is 3.80. The molecule has 2 aromatic carbocycles. The number of thiazole rings is 1. The minimum absolute atomic E-state index is 0.117. The summed E-state index contributed by atoms with van der Waals surface area (Å²) in [7, 11) is -3.63. The fourth-order valence-electron chi connectivity index (χ4n) is 5.29. The molecule has 1 aromatic heterocycles. The average molecular weight is 672 g/mol. The minimum atomic E-state index is -3.63. The van der Waals surface area contributed by atoms with E-state index in [1.54, 1.807) is 18.6 Å². The number of alkyl carbamates (subject to hydrolysis) is 1. The lowest BCUT2D eigenvalue weighted by Gasteiger charge is -2.29. The van der Waals surface area contributed by atoms with Crippen molar-refractivity contribution in [3.63, 3.8) is 0 Å². The van der Waals surface area contributed by atoms with Gasteiger partial charge in [-0.2, -0.15) is 0 Å². The second-order valence-corrected chi connectivity index (χ2v) is 14.4. The third-order valence-corrected chi connectivity index (χ3v) is 10.0. The molecule has 3 atom stereocenters. The van der Waals surface area contributed by atoms with Crippen molar-refractivity contribution >= 4 is 33.4 Å². The lowest BCUT2D eigenvalue weighted by Crippen LogP contribution is -2.52. The number of nitrogens with zero attached hydrogens (tertiary/aromatic N) is 2. The summed E-state index contributed by atoms with van der Waals surface area (Å²) in [5, 5.41) is 6.18. The Labute approximate surface area is 276 Å². The zero-order chi connectivity index (χ0) is 32.6. The van der Waals surface area contributed by atoms with E-state index in [1.165, 1.54) is 11.3 Å². The molecule has 2 amide bonds. The van der Waals surface area contributed by atoms with Crippen LogP contribution >= 0.6 is 11.3 Å². The SMILES string of the molecule is CCS(=O)(=O)NC(CCN1CCOCC1)C(=O)NC(CCC(Cc1ccccc1)NC(=O)OCc1cncs1)Cc1ccccc1. The van der Waals surface area contributed by atoms with Crippen LogP contribution in [-0.2, 0) is 43.7 Å². The van der Waals surface area contributed by atoms with Crippen LogP contribution in [0.25, 0.3) is 0 Å². The summed E-state index contributed by atoms with van der Waals surface area (Å²) in [6, 6.07) is 18.3. The van der Waals surface area contributed by atoms with Gasteiger partial charge in [0.1, 0.15) is 12.6 Å².